The highest BCUT2D eigenvalue weighted by Gasteiger charge is 2.49. The van der Waals surface area contributed by atoms with Crippen molar-refractivity contribution in [1.29, 1.82) is 0 Å². The van der Waals surface area contributed by atoms with Gasteiger partial charge >= 0.3 is 12.1 Å². The van der Waals surface area contributed by atoms with Crippen molar-refractivity contribution in [3.8, 4) is 0 Å². The first-order chi connectivity index (χ1) is 17.9. The van der Waals surface area contributed by atoms with Crippen LogP contribution in [0.2, 0.25) is 0 Å². The number of hydrogen-bond donors (Lipinski definition) is 1. The van der Waals surface area contributed by atoms with E-state index in [0.29, 0.717) is 29.9 Å². The van der Waals surface area contributed by atoms with Crippen LogP contribution in [0.3, 0.4) is 0 Å². The molecular weight excluding hydrogens is 489 g/mol. The van der Waals surface area contributed by atoms with Gasteiger partial charge in [0.25, 0.3) is 5.56 Å². The predicted octanol–water partition coefficient (Wildman–Crippen LogP) is 5.07. The van der Waals surface area contributed by atoms with E-state index in [-0.39, 0.29) is 29.5 Å². The van der Waals surface area contributed by atoms with Crippen LogP contribution in [-0.2, 0) is 9.47 Å². The summed E-state index contributed by atoms with van der Waals surface area (Å²) in [6.45, 7) is 10.5. The molecule has 38 heavy (non-hydrogen) atoms. The summed E-state index contributed by atoms with van der Waals surface area (Å²) < 4.78 is 27.7. The second-order valence-corrected chi connectivity index (χ2v) is 12.1. The van der Waals surface area contributed by atoms with E-state index >= 15 is 4.39 Å². The molecule has 206 valence electrons. The Hall–Kier alpha value is -3.10. The number of carbonyl (C=O) groups is 2. The molecule has 2 aliphatic carbocycles. The summed E-state index contributed by atoms with van der Waals surface area (Å²) >= 11 is 0. The normalized spacial score (nSPS) is 23.3. The maximum atomic E-state index is 15.8. The number of ether oxygens (including phenoxy) is 2. The second-order valence-electron chi connectivity index (χ2n) is 12.1. The molecule has 5 rings (SSSR count). The minimum Gasteiger partial charge on any atom is -0.462 e. The van der Waals surface area contributed by atoms with Crippen LogP contribution < -0.4 is 15.8 Å². The minimum atomic E-state index is -0.679. The van der Waals surface area contributed by atoms with Crippen LogP contribution in [-0.4, -0.2) is 47.8 Å². The third kappa shape index (κ3) is 4.76. The molecule has 0 radical (unpaired) electrons. The Morgan fingerprint density at radius 3 is 2.61 bits per heavy atom. The van der Waals surface area contributed by atoms with Crippen LogP contribution in [0.4, 0.5) is 14.9 Å². The van der Waals surface area contributed by atoms with E-state index in [1.807, 2.05) is 27.7 Å². The van der Waals surface area contributed by atoms with Crippen molar-refractivity contribution in [2.45, 2.75) is 90.7 Å². The van der Waals surface area contributed by atoms with Crippen LogP contribution in [0.5, 0.6) is 0 Å². The summed E-state index contributed by atoms with van der Waals surface area (Å²) in [7, 11) is 0. The Morgan fingerprint density at radius 2 is 1.95 bits per heavy atom. The number of fused-ring (bicyclic) bond motifs is 1. The highest BCUT2D eigenvalue weighted by atomic mass is 19.1. The van der Waals surface area contributed by atoms with Gasteiger partial charge in [-0.25, -0.2) is 14.0 Å². The van der Waals surface area contributed by atoms with Crippen LogP contribution in [0.25, 0.3) is 5.52 Å². The third-order valence-corrected chi connectivity index (χ3v) is 8.25. The number of carbonyl (C=O) groups excluding carboxylic acids is 2. The van der Waals surface area contributed by atoms with Crippen molar-refractivity contribution in [3.63, 3.8) is 0 Å². The molecule has 9 heteroatoms. The number of aromatic nitrogens is 1. The van der Waals surface area contributed by atoms with Gasteiger partial charge < -0.3 is 19.7 Å². The molecule has 8 nitrogen and oxygen atoms in total. The zero-order valence-corrected chi connectivity index (χ0v) is 23.0. The topological polar surface area (TPSA) is 89.3 Å². The van der Waals surface area contributed by atoms with Gasteiger partial charge in [0.2, 0.25) is 0 Å². The smallest absolute Gasteiger partial charge is 0.407 e. The van der Waals surface area contributed by atoms with Gasteiger partial charge in [-0.2, -0.15) is 0 Å². The zero-order chi connectivity index (χ0) is 27.4. The van der Waals surface area contributed by atoms with E-state index in [0.717, 1.165) is 44.1 Å². The standard InChI is InChI=1S/C29H38FN3O5/c1-6-37-26(35)20-14-19(18-9-10-18)23-17(2)24(21(30)15-33(23)25(20)34)32-13-12-29(16-32)11-7-8-22(29)31-27(36)38-28(3,4)5/h14-15,18,22H,6-13,16H2,1-5H3,(H,31,36). The number of amides is 1. The van der Waals surface area contributed by atoms with E-state index in [1.54, 1.807) is 13.0 Å². The summed E-state index contributed by atoms with van der Waals surface area (Å²) in [5, 5.41) is 3.10. The van der Waals surface area contributed by atoms with Crippen molar-refractivity contribution < 1.29 is 23.5 Å². The van der Waals surface area contributed by atoms with Gasteiger partial charge in [0.05, 0.1) is 24.0 Å². The number of aryl methyl sites for hydroxylation is 1. The quantitative estimate of drug-likeness (QED) is 0.546. The average molecular weight is 528 g/mol. The largest absolute Gasteiger partial charge is 0.462 e. The van der Waals surface area contributed by atoms with Crippen molar-refractivity contribution in [3.05, 3.63) is 45.1 Å². The number of pyridine rings is 2. The number of nitrogens with one attached hydrogen (secondary N) is 1. The molecule has 1 saturated heterocycles. The molecule has 2 atom stereocenters. The first-order valence-electron chi connectivity index (χ1n) is 13.7. The number of alkyl carbamates (subject to hydrolysis) is 1. The highest BCUT2D eigenvalue weighted by molar-refractivity contribution is 5.90. The minimum absolute atomic E-state index is 0.0389. The zero-order valence-electron chi connectivity index (χ0n) is 23.0. The third-order valence-electron chi connectivity index (χ3n) is 8.25. The van der Waals surface area contributed by atoms with Gasteiger partial charge in [-0.05, 0) is 89.8 Å². The summed E-state index contributed by atoms with van der Waals surface area (Å²) in [4.78, 5) is 40.4. The lowest BCUT2D eigenvalue weighted by Crippen LogP contribution is -2.47. The lowest BCUT2D eigenvalue weighted by atomic mass is 9.81. The molecule has 3 heterocycles. The van der Waals surface area contributed by atoms with Crippen molar-refractivity contribution in [2.24, 2.45) is 5.41 Å². The van der Waals surface area contributed by atoms with Gasteiger partial charge in [-0.3, -0.25) is 9.20 Å². The maximum Gasteiger partial charge on any atom is 0.407 e. The highest BCUT2D eigenvalue weighted by Crippen LogP contribution is 2.49. The van der Waals surface area contributed by atoms with E-state index in [9.17, 15) is 14.4 Å². The van der Waals surface area contributed by atoms with E-state index in [2.05, 4.69) is 10.2 Å². The molecule has 3 aliphatic rings. The molecule has 2 unspecified atom stereocenters. The number of rotatable bonds is 5. The summed E-state index contributed by atoms with van der Waals surface area (Å²) in [6, 6.07) is 1.62. The monoisotopic (exact) mass is 527 g/mol. The van der Waals surface area contributed by atoms with Gasteiger partial charge in [0.15, 0.2) is 5.82 Å². The van der Waals surface area contributed by atoms with Crippen LogP contribution >= 0.6 is 0 Å². The van der Waals surface area contributed by atoms with Crippen LogP contribution in [0, 0.1) is 18.2 Å². The average Bonchev–Trinajstić information content (AvgIpc) is 3.48. The molecule has 0 aromatic carbocycles. The molecule has 0 bridgehead atoms. The Bertz CT molecular complexity index is 1340. The van der Waals surface area contributed by atoms with Gasteiger partial charge in [0.1, 0.15) is 11.2 Å². The van der Waals surface area contributed by atoms with Crippen LogP contribution in [0.15, 0.2) is 17.1 Å². The molecule has 1 amide bonds. The summed E-state index contributed by atoms with van der Waals surface area (Å²) in [5.41, 5.74) is 1.42. The number of hydrogen-bond acceptors (Lipinski definition) is 6. The maximum absolute atomic E-state index is 15.8. The van der Waals surface area contributed by atoms with E-state index < -0.39 is 29.0 Å². The Labute approximate surface area is 222 Å². The number of nitrogens with zero attached hydrogens (tertiary/aromatic N) is 2. The Kier molecular flexibility index (Phi) is 6.68. The first-order valence-corrected chi connectivity index (χ1v) is 13.7. The van der Waals surface area contributed by atoms with Gasteiger partial charge in [0, 0.05) is 24.5 Å². The molecule has 2 saturated carbocycles. The molecule has 2 aromatic rings. The second kappa shape index (κ2) is 9.58. The summed E-state index contributed by atoms with van der Waals surface area (Å²) in [6.07, 6.45) is 6.39. The van der Waals surface area contributed by atoms with Crippen molar-refractivity contribution in [1.82, 2.24) is 9.72 Å². The number of anilines is 1. The lowest BCUT2D eigenvalue weighted by Gasteiger charge is -2.33. The lowest BCUT2D eigenvalue weighted by molar-refractivity contribution is 0.0465. The molecular formula is C29H38FN3O5. The van der Waals surface area contributed by atoms with Crippen LogP contribution in [0.1, 0.15) is 93.6 Å². The van der Waals surface area contributed by atoms with Crippen molar-refractivity contribution >= 4 is 23.3 Å². The number of halogens is 1. The predicted molar refractivity (Wildman–Crippen MR) is 143 cm³/mol. The Balaban J connectivity index is 1.50. The Morgan fingerprint density at radius 1 is 1.21 bits per heavy atom. The molecule has 1 N–H and O–H groups in total. The molecule has 3 fully saturated rings. The molecule has 1 spiro atoms. The van der Waals surface area contributed by atoms with Crippen molar-refractivity contribution in [2.75, 3.05) is 24.6 Å². The summed E-state index contributed by atoms with van der Waals surface area (Å²) in [5.74, 6) is -0.938. The molecule has 2 aromatic heterocycles. The fourth-order valence-corrected chi connectivity index (χ4v) is 6.48. The fraction of sp³-hybridized carbons (Fsp3) is 0.621. The van der Waals surface area contributed by atoms with E-state index in [4.69, 9.17) is 9.47 Å². The van der Waals surface area contributed by atoms with Gasteiger partial charge in [-0.1, -0.05) is 6.42 Å². The molecule has 1 aliphatic heterocycles. The van der Waals surface area contributed by atoms with E-state index in [1.165, 1.54) is 10.6 Å². The number of esters is 1. The first kappa shape index (κ1) is 26.5. The SMILES string of the molecule is CCOC(=O)c1cc(C2CC2)c2c(C)c(N3CCC4(CCCC4NC(=O)OC(C)(C)C)C3)c(F)cn2c1=O. The fourth-order valence-electron chi connectivity index (χ4n) is 6.48. The van der Waals surface area contributed by atoms with Gasteiger partial charge in [-0.15, -0.1) is 0 Å².